The maximum atomic E-state index is 14.6. The number of rotatable bonds is 4. The summed E-state index contributed by atoms with van der Waals surface area (Å²) < 4.78 is 29.1. The Labute approximate surface area is 171 Å². The number of likely N-dealkylation sites (tertiary alicyclic amines) is 1. The summed E-state index contributed by atoms with van der Waals surface area (Å²) in [5.41, 5.74) is 0.0125. The fraction of sp³-hybridized carbons (Fsp3) is 0.318. The van der Waals surface area contributed by atoms with Crippen LogP contribution in [-0.2, 0) is 4.79 Å². The van der Waals surface area contributed by atoms with E-state index in [0.29, 0.717) is 11.4 Å². The van der Waals surface area contributed by atoms with Crippen LogP contribution in [0.3, 0.4) is 0 Å². The third kappa shape index (κ3) is 4.09. The van der Waals surface area contributed by atoms with Gasteiger partial charge in [-0.3, -0.25) is 14.5 Å². The quantitative estimate of drug-likeness (QED) is 0.689. The molecule has 30 heavy (non-hydrogen) atoms. The second-order valence-electron chi connectivity index (χ2n) is 7.63. The fourth-order valence-electron chi connectivity index (χ4n) is 3.82. The summed E-state index contributed by atoms with van der Waals surface area (Å²) in [7, 11) is 0. The Morgan fingerprint density at radius 3 is 2.77 bits per heavy atom. The Hall–Kier alpha value is -3.13. The number of piperidine rings is 1. The molecule has 156 valence electrons. The lowest BCUT2D eigenvalue weighted by Gasteiger charge is -2.40. The van der Waals surface area contributed by atoms with Gasteiger partial charge in [0.1, 0.15) is 5.82 Å². The normalized spacial score (nSPS) is 20.0. The molecular weight excluding hydrogens is 390 g/mol. The summed E-state index contributed by atoms with van der Waals surface area (Å²) in [5, 5.41) is 4.70. The van der Waals surface area contributed by atoms with Crippen LogP contribution in [-0.4, -0.2) is 45.8 Å². The van der Waals surface area contributed by atoms with E-state index in [0.717, 1.165) is 10.8 Å². The van der Waals surface area contributed by atoms with Gasteiger partial charge in [0.25, 0.3) is 5.92 Å². The van der Waals surface area contributed by atoms with Crippen molar-refractivity contribution in [3.05, 3.63) is 70.8 Å². The van der Waals surface area contributed by atoms with Crippen molar-refractivity contribution < 1.29 is 13.6 Å². The number of nitrogens with zero attached hydrogens (tertiary/aromatic N) is 2. The number of carbonyl (C=O) groups excluding carboxylic acids is 1. The van der Waals surface area contributed by atoms with Gasteiger partial charge in [-0.2, -0.15) is 0 Å². The van der Waals surface area contributed by atoms with Crippen LogP contribution in [0, 0.1) is 0 Å². The van der Waals surface area contributed by atoms with Gasteiger partial charge in [-0.05, 0) is 23.9 Å². The summed E-state index contributed by atoms with van der Waals surface area (Å²) >= 11 is 0. The number of hydrogen-bond acceptors (Lipinski definition) is 4. The molecule has 2 aromatic heterocycles. The summed E-state index contributed by atoms with van der Waals surface area (Å²) in [6.45, 7) is 1.81. The molecule has 0 radical (unpaired) electrons. The molecule has 0 bridgehead atoms. The van der Waals surface area contributed by atoms with E-state index in [1.165, 1.54) is 18.3 Å². The van der Waals surface area contributed by atoms with Crippen LogP contribution in [0.4, 0.5) is 14.6 Å². The molecule has 6 nitrogen and oxygen atoms in total. The highest BCUT2D eigenvalue weighted by molar-refractivity contribution is 5.95. The van der Waals surface area contributed by atoms with Crippen molar-refractivity contribution in [3.63, 3.8) is 0 Å². The van der Waals surface area contributed by atoms with E-state index < -0.39 is 17.9 Å². The Bertz CT molecular complexity index is 1110. The standard InChI is InChI=1S/C22H22F2N4O2/c1-14(21(30)27-19-10-15-4-2-3-5-16(15)11-25-19)28-9-8-22(23,24)18(13-28)17-6-7-20(29)26-12-17/h2-7,10-12,14,18H,8-9,13H2,1H3,(H,26,29)(H,25,27,30). The van der Waals surface area contributed by atoms with Gasteiger partial charge >= 0.3 is 0 Å². The number of aromatic nitrogens is 2. The van der Waals surface area contributed by atoms with Crippen molar-refractivity contribution in [1.82, 2.24) is 14.9 Å². The van der Waals surface area contributed by atoms with Crippen molar-refractivity contribution in [2.75, 3.05) is 18.4 Å². The molecule has 1 fully saturated rings. The molecule has 2 atom stereocenters. The minimum atomic E-state index is -2.91. The van der Waals surface area contributed by atoms with Gasteiger partial charge in [0.2, 0.25) is 11.5 Å². The molecule has 0 spiro atoms. The molecule has 0 aliphatic carbocycles. The second-order valence-corrected chi connectivity index (χ2v) is 7.63. The van der Waals surface area contributed by atoms with Gasteiger partial charge in [-0.1, -0.05) is 30.3 Å². The summed E-state index contributed by atoms with van der Waals surface area (Å²) in [6, 6.07) is 11.5. The minimum Gasteiger partial charge on any atom is -0.329 e. The van der Waals surface area contributed by atoms with Crippen molar-refractivity contribution in [2.24, 2.45) is 0 Å². The highest BCUT2D eigenvalue weighted by atomic mass is 19.3. The number of alkyl halides is 2. The van der Waals surface area contributed by atoms with Crippen LogP contribution < -0.4 is 10.9 Å². The smallest absolute Gasteiger partial charge is 0.257 e. The van der Waals surface area contributed by atoms with E-state index in [4.69, 9.17) is 0 Å². The zero-order valence-electron chi connectivity index (χ0n) is 16.4. The Morgan fingerprint density at radius 1 is 1.27 bits per heavy atom. The van der Waals surface area contributed by atoms with Crippen LogP contribution in [0.2, 0.25) is 0 Å². The molecule has 1 aliphatic rings. The first-order valence-corrected chi connectivity index (χ1v) is 9.80. The highest BCUT2D eigenvalue weighted by Gasteiger charge is 2.46. The average Bonchev–Trinajstić information content (AvgIpc) is 2.74. The number of fused-ring (bicyclic) bond motifs is 1. The number of H-pyrrole nitrogens is 1. The van der Waals surface area contributed by atoms with Crippen molar-refractivity contribution in [2.45, 2.75) is 31.2 Å². The zero-order chi connectivity index (χ0) is 21.3. The lowest BCUT2D eigenvalue weighted by molar-refractivity contribution is -0.125. The number of aromatic amines is 1. The molecule has 1 aromatic carbocycles. The van der Waals surface area contributed by atoms with Gasteiger partial charge in [0, 0.05) is 43.4 Å². The molecule has 2 unspecified atom stereocenters. The molecule has 1 saturated heterocycles. The number of pyridine rings is 2. The third-order valence-corrected chi connectivity index (χ3v) is 5.68. The number of hydrogen-bond donors (Lipinski definition) is 2. The van der Waals surface area contributed by atoms with Gasteiger partial charge < -0.3 is 10.3 Å². The van der Waals surface area contributed by atoms with Crippen LogP contribution in [0.15, 0.2) is 59.7 Å². The molecule has 3 aromatic rings. The molecule has 1 aliphatic heterocycles. The van der Waals surface area contributed by atoms with E-state index in [9.17, 15) is 18.4 Å². The molecule has 0 saturated carbocycles. The SMILES string of the molecule is CC(C(=O)Nc1cc2ccccc2cn1)N1CCC(F)(F)C(c2ccc(=O)[nH]c2)C1. The van der Waals surface area contributed by atoms with Gasteiger partial charge in [-0.25, -0.2) is 13.8 Å². The topological polar surface area (TPSA) is 78.1 Å². The first kappa shape index (κ1) is 20.2. The summed E-state index contributed by atoms with van der Waals surface area (Å²) in [4.78, 5) is 32.5. The van der Waals surface area contributed by atoms with Gasteiger partial charge in [0.15, 0.2) is 0 Å². The van der Waals surface area contributed by atoms with E-state index in [-0.39, 0.29) is 31.0 Å². The third-order valence-electron chi connectivity index (χ3n) is 5.68. The number of halogens is 2. The Balaban J connectivity index is 1.48. The summed E-state index contributed by atoms with van der Waals surface area (Å²) in [6.07, 6.45) is 2.65. The molecule has 1 amide bonds. The van der Waals surface area contributed by atoms with Crippen LogP contribution >= 0.6 is 0 Å². The van der Waals surface area contributed by atoms with Crippen molar-refractivity contribution in [3.8, 4) is 0 Å². The first-order valence-electron chi connectivity index (χ1n) is 9.80. The predicted octanol–water partition coefficient (Wildman–Crippen LogP) is 3.37. The fourth-order valence-corrected chi connectivity index (χ4v) is 3.82. The molecule has 8 heteroatoms. The number of anilines is 1. The molecular formula is C22H22F2N4O2. The molecule has 4 rings (SSSR count). The van der Waals surface area contributed by atoms with Crippen LogP contribution in [0.25, 0.3) is 10.8 Å². The lowest BCUT2D eigenvalue weighted by Crippen LogP contribution is -2.52. The first-order chi connectivity index (χ1) is 14.3. The number of amides is 1. The number of carbonyl (C=O) groups is 1. The zero-order valence-corrected chi connectivity index (χ0v) is 16.4. The average molecular weight is 412 g/mol. The lowest BCUT2D eigenvalue weighted by atomic mass is 9.87. The number of nitrogens with one attached hydrogen (secondary N) is 2. The Kier molecular flexibility index (Phi) is 5.34. The maximum Gasteiger partial charge on any atom is 0.257 e. The van der Waals surface area contributed by atoms with Crippen molar-refractivity contribution in [1.29, 1.82) is 0 Å². The van der Waals surface area contributed by atoms with E-state index >= 15 is 0 Å². The largest absolute Gasteiger partial charge is 0.329 e. The highest BCUT2D eigenvalue weighted by Crippen LogP contribution is 2.40. The van der Waals surface area contributed by atoms with Crippen LogP contribution in [0.1, 0.15) is 24.8 Å². The second kappa shape index (κ2) is 7.95. The maximum absolute atomic E-state index is 14.6. The Morgan fingerprint density at radius 2 is 2.03 bits per heavy atom. The van der Waals surface area contributed by atoms with Gasteiger partial charge in [0.05, 0.1) is 12.0 Å². The summed E-state index contributed by atoms with van der Waals surface area (Å²) in [5.74, 6) is -3.89. The van der Waals surface area contributed by atoms with Gasteiger partial charge in [-0.15, -0.1) is 0 Å². The molecule has 3 heterocycles. The predicted molar refractivity (Wildman–Crippen MR) is 111 cm³/mol. The van der Waals surface area contributed by atoms with Crippen LogP contribution in [0.5, 0.6) is 0 Å². The minimum absolute atomic E-state index is 0.0127. The van der Waals surface area contributed by atoms with E-state index in [1.807, 2.05) is 24.3 Å². The number of benzene rings is 1. The van der Waals surface area contributed by atoms with E-state index in [1.54, 1.807) is 24.1 Å². The van der Waals surface area contributed by atoms with Crippen molar-refractivity contribution >= 4 is 22.5 Å². The van der Waals surface area contributed by atoms with E-state index in [2.05, 4.69) is 15.3 Å². The molecule has 2 N–H and O–H groups in total. The monoisotopic (exact) mass is 412 g/mol.